The zero-order valence-electron chi connectivity index (χ0n) is 16.3. The summed E-state index contributed by atoms with van der Waals surface area (Å²) in [6.07, 6.45) is 4.90. The monoisotopic (exact) mass is 376 g/mol. The molecular formula is C22H24N4O2. The van der Waals surface area contributed by atoms with E-state index in [9.17, 15) is 4.79 Å². The molecule has 0 saturated carbocycles. The molecule has 28 heavy (non-hydrogen) atoms. The highest BCUT2D eigenvalue weighted by atomic mass is 16.5. The van der Waals surface area contributed by atoms with Crippen molar-refractivity contribution in [1.82, 2.24) is 9.97 Å². The summed E-state index contributed by atoms with van der Waals surface area (Å²) in [7, 11) is 1.60. The summed E-state index contributed by atoms with van der Waals surface area (Å²) >= 11 is 0. The minimum absolute atomic E-state index is 0.251. The van der Waals surface area contributed by atoms with Crippen LogP contribution in [0.5, 0.6) is 5.75 Å². The minimum Gasteiger partial charge on any atom is -0.497 e. The lowest BCUT2D eigenvalue weighted by atomic mass is 10.0. The van der Waals surface area contributed by atoms with E-state index in [1.807, 2.05) is 0 Å². The molecule has 0 radical (unpaired) electrons. The molecule has 0 atom stereocenters. The number of nitrogens with zero attached hydrogens (tertiary/aromatic N) is 2. The van der Waals surface area contributed by atoms with Crippen LogP contribution in [0.2, 0.25) is 0 Å². The van der Waals surface area contributed by atoms with Crippen LogP contribution in [-0.4, -0.2) is 23.0 Å². The van der Waals surface area contributed by atoms with Crippen molar-refractivity contribution in [3.05, 3.63) is 71.7 Å². The molecule has 0 aliphatic carbocycles. The van der Waals surface area contributed by atoms with E-state index in [1.165, 1.54) is 17.3 Å². The quantitative estimate of drug-likeness (QED) is 0.630. The Kier molecular flexibility index (Phi) is 6.22. The van der Waals surface area contributed by atoms with E-state index in [2.05, 4.69) is 52.6 Å². The lowest BCUT2D eigenvalue weighted by Gasteiger charge is -2.14. The van der Waals surface area contributed by atoms with Crippen LogP contribution in [0.3, 0.4) is 0 Å². The summed E-state index contributed by atoms with van der Waals surface area (Å²) < 4.78 is 5.11. The predicted molar refractivity (Wildman–Crippen MR) is 111 cm³/mol. The summed E-state index contributed by atoms with van der Waals surface area (Å²) in [6, 6.07) is 13.4. The van der Waals surface area contributed by atoms with Crippen LogP contribution in [0.1, 0.15) is 35.5 Å². The highest BCUT2D eigenvalue weighted by Gasteiger charge is 2.11. The van der Waals surface area contributed by atoms with Crippen molar-refractivity contribution in [2.75, 3.05) is 17.7 Å². The van der Waals surface area contributed by atoms with E-state index in [0.717, 1.165) is 24.3 Å². The molecule has 1 aromatic heterocycles. The summed E-state index contributed by atoms with van der Waals surface area (Å²) in [6.45, 7) is 4.25. The van der Waals surface area contributed by atoms with Gasteiger partial charge in [0.2, 0.25) is 0 Å². The van der Waals surface area contributed by atoms with Crippen molar-refractivity contribution in [1.29, 1.82) is 0 Å². The van der Waals surface area contributed by atoms with E-state index in [-0.39, 0.29) is 11.6 Å². The average molecular weight is 376 g/mol. The number of aryl methyl sites for hydroxylation is 2. The highest BCUT2D eigenvalue weighted by Crippen LogP contribution is 2.25. The number of amides is 1. The molecule has 0 aliphatic rings. The van der Waals surface area contributed by atoms with Crippen molar-refractivity contribution >= 4 is 23.1 Å². The van der Waals surface area contributed by atoms with Gasteiger partial charge in [0.05, 0.1) is 19.5 Å². The number of rotatable bonds is 7. The number of hydrogen-bond acceptors (Lipinski definition) is 5. The third-order valence-electron chi connectivity index (χ3n) is 4.48. The number of ether oxygens (including phenoxy) is 1. The van der Waals surface area contributed by atoms with E-state index >= 15 is 0 Å². The first-order valence-electron chi connectivity index (χ1n) is 9.29. The number of anilines is 3. The summed E-state index contributed by atoms with van der Waals surface area (Å²) in [5.41, 5.74) is 4.43. The van der Waals surface area contributed by atoms with Crippen LogP contribution >= 0.6 is 0 Å². The van der Waals surface area contributed by atoms with Crippen molar-refractivity contribution in [3.63, 3.8) is 0 Å². The molecule has 2 N–H and O–H groups in total. The number of methoxy groups -OCH3 is 1. The third kappa shape index (κ3) is 4.46. The zero-order chi connectivity index (χ0) is 19.9. The molecule has 0 bridgehead atoms. The Morgan fingerprint density at radius 1 is 0.964 bits per heavy atom. The summed E-state index contributed by atoms with van der Waals surface area (Å²) in [5.74, 6) is 1.02. The van der Waals surface area contributed by atoms with Gasteiger partial charge in [0.25, 0.3) is 5.91 Å². The number of carbonyl (C=O) groups is 1. The zero-order valence-corrected chi connectivity index (χ0v) is 16.3. The molecule has 3 aromatic rings. The molecular weight excluding hydrogens is 352 g/mol. The Labute approximate surface area is 165 Å². The fraction of sp³-hybridized carbons (Fsp3) is 0.227. The molecule has 0 unspecified atom stereocenters. The van der Waals surface area contributed by atoms with Gasteiger partial charge in [-0.15, -0.1) is 0 Å². The molecule has 0 spiro atoms. The van der Waals surface area contributed by atoms with Crippen LogP contribution in [0.25, 0.3) is 0 Å². The predicted octanol–water partition coefficient (Wildman–Crippen LogP) is 4.61. The third-order valence-corrected chi connectivity index (χ3v) is 4.48. The van der Waals surface area contributed by atoms with Crippen LogP contribution < -0.4 is 15.4 Å². The van der Waals surface area contributed by atoms with Gasteiger partial charge in [-0.2, -0.15) is 0 Å². The number of aromatic nitrogens is 2. The molecule has 144 valence electrons. The Bertz CT molecular complexity index is 916. The molecule has 6 heteroatoms. The fourth-order valence-electron chi connectivity index (χ4n) is 2.91. The lowest BCUT2D eigenvalue weighted by Crippen LogP contribution is -2.14. The van der Waals surface area contributed by atoms with Gasteiger partial charge in [0.1, 0.15) is 17.3 Å². The van der Waals surface area contributed by atoms with Crippen LogP contribution in [0, 0.1) is 0 Å². The molecule has 3 rings (SSSR count). The number of nitrogens with one attached hydrogen (secondary N) is 2. The molecule has 0 fully saturated rings. The number of benzene rings is 2. The molecule has 1 amide bonds. The van der Waals surface area contributed by atoms with Gasteiger partial charge in [-0.05, 0) is 48.2 Å². The summed E-state index contributed by atoms with van der Waals surface area (Å²) in [4.78, 5) is 21.0. The van der Waals surface area contributed by atoms with Gasteiger partial charge in [0.15, 0.2) is 0 Å². The highest BCUT2D eigenvalue weighted by molar-refractivity contribution is 6.02. The van der Waals surface area contributed by atoms with Crippen LogP contribution in [0.4, 0.5) is 17.2 Å². The van der Waals surface area contributed by atoms with Gasteiger partial charge in [0, 0.05) is 11.4 Å². The standard InChI is InChI=1S/C22H24N4O2/c1-4-15-7-6-8-16(5-2)21(15)26-20-14-23-19(13-24-20)22(27)25-17-9-11-18(28-3)12-10-17/h6-14H,4-5H2,1-3H3,(H,24,26)(H,25,27). The van der Waals surface area contributed by atoms with Gasteiger partial charge < -0.3 is 15.4 Å². The fourth-order valence-corrected chi connectivity index (χ4v) is 2.91. The maximum absolute atomic E-state index is 12.4. The van der Waals surface area contributed by atoms with Gasteiger partial charge in [-0.1, -0.05) is 32.0 Å². The van der Waals surface area contributed by atoms with E-state index in [0.29, 0.717) is 11.5 Å². The van der Waals surface area contributed by atoms with Crippen molar-refractivity contribution in [3.8, 4) is 5.75 Å². The number of para-hydroxylation sites is 1. The Morgan fingerprint density at radius 3 is 2.18 bits per heavy atom. The Balaban J connectivity index is 1.72. The van der Waals surface area contributed by atoms with Crippen molar-refractivity contribution in [2.24, 2.45) is 0 Å². The van der Waals surface area contributed by atoms with Crippen molar-refractivity contribution < 1.29 is 9.53 Å². The lowest BCUT2D eigenvalue weighted by molar-refractivity contribution is 0.102. The summed E-state index contributed by atoms with van der Waals surface area (Å²) in [5, 5.41) is 6.15. The van der Waals surface area contributed by atoms with Crippen LogP contribution in [0.15, 0.2) is 54.9 Å². The van der Waals surface area contributed by atoms with Gasteiger partial charge in [-0.3, -0.25) is 4.79 Å². The molecule has 2 aromatic carbocycles. The maximum Gasteiger partial charge on any atom is 0.275 e. The van der Waals surface area contributed by atoms with E-state index < -0.39 is 0 Å². The normalized spacial score (nSPS) is 10.4. The second-order valence-corrected chi connectivity index (χ2v) is 6.25. The van der Waals surface area contributed by atoms with Gasteiger partial charge in [-0.25, -0.2) is 9.97 Å². The second kappa shape index (κ2) is 8.99. The smallest absolute Gasteiger partial charge is 0.275 e. The average Bonchev–Trinajstić information content (AvgIpc) is 2.75. The van der Waals surface area contributed by atoms with E-state index in [1.54, 1.807) is 37.6 Å². The van der Waals surface area contributed by atoms with Crippen molar-refractivity contribution in [2.45, 2.75) is 26.7 Å². The number of carbonyl (C=O) groups excluding carboxylic acids is 1. The number of hydrogen-bond donors (Lipinski definition) is 2. The van der Waals surface area contributed by atoms with Crippen LogP contribution in [-0.2, 0) is 12.8 Å². The Morgan fingerprint density at radius 2 is 1.64 bits per heavy atom. The second-order valence-electron chi connectivity index (χ2n) is 6.25. The molecule has 0 saturated heterocycles. The topological polar surface area (TPSA) is 76.1 Å². The Hall–Kier alpha value is -3.41. The molecule has 0 aliphatic heterocycles. The first kappa shape index (κ1) is 19.4. The molecule has 6 nitrogen and oxygen atoms in total. The molecule has 1 heterocycles. The minimum atomic E-state index is -0.313. The largest absolute Gasteiger partial charge is 0.497 e. The first-order valence-corrected chi connectivity index (χ1v) is 9.29. The first-order chi connectivity index (χ1) is 13.6. The van der Waals surface area contributed by atoms with E-state index in [4.69, 9.17) is 4.74 Å². The van der Waals surface area contributed by atoms with Gasteiger partial charge >= 0.3 is 0 Å². The SMILES string of the molecule is CCc1cccc(CC)c1Nc1cnc(C(=O)Nc2ccc(OC)cc2)cn1. The maximum atomic E-state index is 12.4.